The molecule has 0 saturated heterocycles. The van der Waals surface area contributed by atoms with Gasteiger partial charge in [-0.3, -0.25) is 0 Å². The highest BCUT2D eigenvalue weighted by molar-refractivity contribution is 6.30. The summed E-state index contributed by atoms with van der Waals surface area (Å²) in [6.45, 7) is 0.700. The first-order chi connectivity index (χ1) is 9.19. The number of halogens is 1. The van der Waals surface area contributed by atoms with Crippen LogP contribution in [0.2, 0.25) is 5.02 Å². The molecular formula is C14H15ClN2O2. The number of rotatable bonds is 5. The van der Waals surface area contributed by atoms with E-state index < -0.39 is 0 Å². The highest BCUT2D eigenvalue weighted by Crippen LogP contribution is 2.27. The van der Waals surface area contributed by atoms with Gasteiger partial charge in [0.1, 0.15) is 5.75 Å². The van der Waals surface area contributed by atoms with Gasteiger partial charge < -0.3 is 15.2 Å². The van der Waals surface area contributed by atoms with Crippen LogP contribution in [-0.2, 0) is 11.2 Å². The van der Waals surface area contributed by atoms with E-state index in [2.05, 4.69) is 4.98 Å². The van der Waals surface area contributed by atoms with E-state index >= 15 is 0 Å². The highest BCUT2D eigenvalue weighted by Gasteiger charge is 2.04. The number of anilines is 1. The molecule has 0 aliphatic carbocycles. The van der Waals surface area contributed by atoms with E-state index in [9.17, 15) is 0 Å². The molecule has 19 heavy (non-hydrogen) atoms. The zero-order valence-corrected chi connectivity index (χ0v) is 11.4. The van der Waals surface area contributed by atoms with Crippen LogP contribution in [-0.4, -0.2) is 18.7 Å². The maximum Gasteiger partial charge on any atom is 0.242 e. The van der Waals surface area contributed by atoms with Gasteiger partial charge in [0.2, 0.25) is 5.88 Å². The minimum Gasteiger partial charge on any atom is -0.437 e. The van der Waals surface area contributed by atoms with Crippen molar-refractivity contribution in [3.8, 4) is 11.6 Å². The van der Waals surface area contributed by atoms with Crippen molar-refractivity contribution in [2.24, 2.45) is 0 Å². The Balaban J connectivity index is 2.06. The first-order valence-electron chi connectivity index (χ1n) is 5.86. The molecule has 4 nitrogen and oxygen atoms in total. The SMILES string of the molecule is COCCc1ccc(Oc2ncc(Cl)cc2N)cc1. The Hall–Kier alpha value is -1.78. The van der Waals surface area contributed by atoms with Gasteiger partial charge in [-0.05, 0) is 30.2 Å². The third-order valence-electron chi connectivity index (χ3n) is 2.58. The van der Waals surface area contributed by atoms with Crippen LogP contribution >= 0.6 is 11.6 Å². The van der Waals surface area contributed by atoms with Gasteiger partial charge in [0.15, 0.2) is 0 Å². The van der Waals surface area contributed by atoms with Gasteiger partial charge >= 0.3 is 0 Å². The molecule has 2 aromatic rings. The zero-order chi connectivity index (χ0) is 13.7. The Morgan fingerprint density at radius 1 is 1.26 bits per heavy atom. The number of methoxy groups -OCH3 is 1. The van der Waals surface area contributed by atoms with Gasteiger partial charge in [-0.25, -0.2) is 4.98 Å². The van der Waals surface area contributed by atoms with Crippen LogP contribution in [0.25, 0.3) is 0 Å². The second-order valence-electron chi connectivity index (χ2n) is 4.04. The van der Waals surface area contributed by atoms with Crippen molar-refractivity contribution in [1.29, 1.82) is 0 Å². The number of nitrogen functional groups attached to an aromatic ring is 1. The average Bonchev–Trinajstić information content (AvgIpc) is 2.41. The van der Waals surface area contributed by atoms with Crippen LogP contribution in [0, 0.1) is 0 Å². The smallest absolute Gasteiger partial charge is 0.242 e. The standard InChI is InChI=1S/C14H15ClN2O2/c1-18-7-6-10-2-4-12(5-3-10)19-14-13(16)8-11(15)9-17-14/h2-5,8-9H,6-7,16H2,1H3. The molecule has 0 atom stereocenters. The van der Waals surface area contributed by atoms with Crippen LogP contribution in [0.3, 0.4) is 0 Å². The fraction of sp³-hybridized carbons (Fsp3) is 0.214. The van der Waals surface area contributed by atoms with Crippen molar-refractivity contribution in [3.63, 3.8) is 0 Å². The first-order valence-corrected chi connectivity index (χ1v) is 6.23. The lowest BCUT2D eigenvalue weighted by atomic mass is 10.1. The molecular weight excluding hydrogens is 264 g/mol. The van der Waals surface area contributed by atoms with E-state index in [0.717, 1.165) is 6.42 Å². The van der Waals surface area contributed by atoms with E-state index in [1.54, 1.807) is 13.2 Å². The minimum absolute atomic E-state index is 0.356. The van der Waals surface area contributed by atoms with E-state index in [1.807, 2.05) is 24.3 Å². The molecule has 100 valence electrons. The van der Waals surface area contributed by atoms with Crippen molar-refractivity contribution in [3.05, 3.63) is 47.1 Å². The summed E-state index contributed by atoms with van der Waals surface area (Å²) in [4.78, 5) is 4.05. The summed E-state index contributed by atoms with van der Waals surface area (Å²) >= 11 is 5.78. The fourth-order valence-electron chi connectivity index (χ4n) is 1.58. The molecule has 0 spiro atoms. The molecule has 1 heterocycles. The minimum atomic E-state index is 0.356. The lowest BCUT2D eigenvalue weighted by Gasteiger charge is -2.08. The molecule has 2 rings (SSSR count). The topological polar surface area (TPSA) is 57.4 Å². The van der Waals surface area contributed by atoms with Gasteiger partial charge in [-0.1, -0.05) is 23.7 Å². The van der Waals surface area contributed by atoms with Gasteiger partial charge in [-0.2, -0.15) is 0 Å². The molecule has 0 radical (unpaired) electrons. The van der Waals surface area contributed by atoms with Crippen LogP contribution in [0.15, 0.2) is 36.5 Å². The number of benzene rings is 1. The van der Waals surface area contributed by atoms with Gasteiger partial charge in [0.05, 0.1) is 17.3 Å². The van der Waals surface area contributed by atoms with Gasteiger partial charge in [0, 0.05) is 13.3 Å². The molecule has 1 aromatic heterocycles. The number of pyridine rings is 1. The summed E-state index contributed by atoms with van der Waals surface area (Å²) in [6, 6.07) is 9.33. The van der Waals surface area contributed by atoms with Crippen LogP contribution < -0.4 is 10.5 Å². The predicted octanol–water partition coefficient (Wildman–Crippen LogP) is 3.30. The lowest BCUT2D eigenvalue weighted by Crippen LogP contribution is -1.96. The predicted molar refractivity (Wildman–Crippen MR) is 75.8 cm³/mol. The maximum atomic E-state index is 5.78. The van der Waals surface area contributed by atoms with Crippen LogP contribution in [0.5, 0.6) is 11.6 Å². The van der Waals surface area contributed by atoms with Crippen LogP contribution in [0.1, 0.15) is 5.56 Å². The molecule has 5 heteroatoms. The lowest BCUT2D eigenvalue weighted by molar-refractivity contribution is 0.202. The quantitative estimate of drug-likeness (QED) is 0.912. The van der Waals surface area contributed by atoms with Gasteiger partial charge in [-0.15, -0.1) is 0 Å². The summed E-state index contributed by atoms with van der Waals surface area (Å²) in [5.41, 5.74) is 7.38. The first kappa shape index (κ1) is 13.6. The van der Waals surface area contributed by atoms with E-state index in [-0.39, 0.29) is 0 Å². The summed E-state index contributed by atoms with van der Waals surface area (Å²) < 4.78 is 10.6. The van der Waals surface area contributed by atoms with Crippen molar-refractivity contribution < 1.29 is 9.47 Å². The largest absolute Gasteiger partial charge is 0.437 e. The molecule has 0 fully saturated rings. The fourth-order valence-corrected chi connectivity index (χ4v) is 1.75. The summed E-state index contributed by atoms with van der Waals surface area (Å²) in [5.74, 6) is 1.04. The molecule has 0 aliphatic rings. The number of ether oxygens (including phenoxy) is 2. The van der Waals surface area contributed by atoms with Crippen molar-refractivity contribution >= 4 is 17.3 Å². The molecule has 0 amide bonds. The van der Waals surface area contributed by atoms with Crippen molar-refractivity contribution in [2.45, 2.75) is 6.42 Å². The normalized spacial score (nSPS) is 10.4. The Labute approximate surface area is 117 Å². The number of aromatic nitrogens is 1. The number of nitrogens with zero attached hydrogens (tertiary/aromatic N) is 1. The molecule has 0 aliphatic heterocycles. The van der Waals surface area contributed by atoms with Crippen molar-refractivity contribution in [2.75, 3.05) is 19.5 Å². The second-order valence-corrected chi connectivity index (χ2v) is 4.47. The number of hydrogen-bond acceptors (Lipinski definition) is 4. The Morgan fingerprint density at radius 2 is 2.00 bits per heavy atom. The van der Waals surface area contributed by atoms with E-state index in [1.165, 1.54) is 11.8 Å². The Kier molecular flexibility index (Phi) is 4.60. The second kappa shape index (κ2) is 6.41. The van der Waals surface area contributed by atoms with E-state index in [4.69, 9.17) is 26.8 Å². The molecule has 1 aromatic carbocycles. The van der Waals surface area contributed by atoms with Crippen molar-refractivity contribution in [1.82, 2.24) is 4.98 Å². The maximum absolute atomic E-state index is 5.78. The average molecular weight is 279 g/mol. The zero-order valence-electron chi connectivity index (χ0n) is 10.6. The molecule has 0 unspecified atom stereocenters. The third-order valence-corrected chi connectivity index (χ3v) is 2.78. The van der Waals surface area contributed by atoms with Gasteiger partial charge in [0.25, 0.3) is 0 Å². The van der Waals surface area contributed by atoms with Crippen LogP contribution in [0.4, 0.5) is 5.69 Å². The molecule has 2 N–H and O–H groups in total. The Morgan fingerprint density at radius 3 is 2.63 bits per heavy atom. The summed E-state index contributed by atoms with van der Waals surface area (Å²) in [5, 5.41) is 0.486. The summed E-state index contributed by atoms with van der Waals surface area (Å²) in [7, 11) is 1.69. The Bertz CT molecular complexity index is 544. The highest BCUT2D eigenvalue weighted by atomic mass is 35.5. The monoisotopic (exact) mass is 278 g/mol. The number of nitrogens with two attached hydrogens (primary N) is 1. The third kappa shape index (κ3) is 3.84. The molecule has 0 saturated carbocycles. The number of hydrogen-bond donors (Lipinski definition) is 1. The molecule has 0 bridgehead atoms. The van der Waals surface area contributed by atoms with E-state index in [0.29, 0.717) is 28.9 Å². The summed E-state index contributed by atoms with van der Waals surface area (Å²) in [6.07, 6.45) is 2.37.